The van der Waals surface area contributed by atoms with E-state index in [1.54, 1.807) is 11.3 Å². The Morgan fingerprint density at radius 2 is 0.785 bits per heavy atom. The standard InChI is InChI=1S/C57H37N7S/c1-5-17-38(18-6-1)61(42-29-31-46-44-25-13-15-27-49(44)63(51(46)35-42)40-21-9-3-10-22-40)54-34-33-48-56-53(65-57(48)58-54)37-55(59-60-56)62(39-19-7-2-8-20-39)43-30-32-47-45-26-14-16-28-50(45)64(52(47)36-43)41-23-11-4-12-24-41/h1-37H. The van der Waals surface area contributed by atoms with E-state index in [0.717, 1.165) is 82.7 Å². The van der Waals surface area contributed by atoms with Crippen molar-refractivity contribution in [2.24, 2.45) is 0 Å². The summed E-state index contributed by atoms with van der Waals surface area (Å²) in [6.45, 7) is 0. The van der Waals surface area contributed by atoms with Gasteiger partial charge in [-0.15, -0.1) is 21.5 Å². The first-order chi connectivity index (χ1) is 32.2. The fourth-order valence-corrected chi connectivity index (χ4v) is 10.6. The van der Waals surface area contributed by atoms with Gasteiger partial charge in [0.15, 0.2) is 5.82 Å². The van der Waals surface area contributed by atoms with Gasteiger partial charge in [-0.1, -0.05) is 121 Å². The van der Waals surface area contributed by atoms with Gasteiger partial charge in [0.1, 0.15) is 16.2 Å². The number of benzene rings is 8. The van der Waals surface area contributed by atoms with Crippen LogP contribution in [0.15, 0.2) is 224 Å². The van der Waals surface area contributed by atoms with Crippen molar-refractivity contribution in [2.75, 3.05) is 9.80 Å². The van der Waals surface area contributed by atoms with Crippen molar-refractivity contribution < 1.29 is 0 Å². The number of nitrogens with zero attached hydrogens (tertiary/aromatic N) is 7. The van der Waals surface area contributed by atoms with Gasteiger partial charge in [0.25, 0.3) is 0 Å². The van der Waals surface area contributed by atoms with Gasteiger partial charge in [-0.25, -0.2) is 4.98 Å². The lowest BCUT2D eigenvalue weighted by molar-refractivity contribution is 1.04. The van der Waals surface area contributed by atoms with Crippen molar-refractivity contribution in [3.05, 3.63) is 224 Å². The zero-order chi connectivity index (χ0) is 42.8. The number of anilines is 6. The van der Waals surface area contributed by atoms with Crippen molar-refractivity contribution in [1.29, 1.82) is 0 Å². The summed E-state index contributed by atoms with van der Waals surface area (Å²) in [5.41, 5.74) is 11.7. The average molecular weight is 852 g/mol. The van der Waals surface area contributed by atoms with Crippen LogP contribution in [-0.2, 0) is 0 Å². The van der Waals surface area contributed by atoms with Crippen molar-refractivity contribution in [3.63, 3.8) is 0 Å². The van der Waals surface area contributed by atoms with E-state index in [1.165, 1.54) is 27.1 Å². The van der Waals surface area contributed by atoms with Gasteiger partial charge in [0.05, 0.1) is 26.8 Å². The molecule has 0 radical (unpaired) electrons. The fourth-order valence-electron chi connectivity index (χ4n) is 9.54. The number of fused-ring (bicyclic) bond motifs is 9. The number of rotatable bonds is 8. The van der Waals surface area contributed by atoms with Crippen molar-refractivity contribution in [2.45, 2.75) is 0 Å². The third-order valence-electron chi connectivity index (χ3n) is 12.4. The first-order valence-corrected chi connectivity index (χ1v) is 22.5. The molecule has 0 unspecified atom stereocenters. The summed E-state index contributed by atoms with van der Waals surface area (Å²) in [5.74, 6) is 1.54. The molecule has 0 aliphatic carbocycles. The van der Waals surface area contributed by atoms with Crippen LogP contribution in [0.25, 0.3) is 75.4 Å². The highest BCUT2D eigenvalue weighted by molar-refractivity contribution is 7.25. The lowest BCUT2D eigenvalue weighted by Gasteiger charge is -2.24. The van der Waals surface area contributed by atoms with Gasteiger partial charge in [-0.2, -0.15) is 0 Å². The van der Waals surface area contributed by atoms with E-state index < -0.39 is 0 Å². The van der Waals surface area contributed by atoms with Gasteiger partial charge in [-0.05, 0) is 97.1 Å². The Morgan fingerprint density at radius 3 is 1.32 bits per heavy atom. The summed E-state index contributed by atoms with van der Waals surface area (Å²) >= 11 is 1.64. The SMILES string of the molecule is c1ccc(N(c2ccc3c4ccccc4n(-c4ccccc4)c3c2)c2cc3sc4nc(N(c5ccccc5)c5ccc6c7ccccc7n(-c7ccccc7)c6c5)ccc4c3nn2)cc1. The second kappa shape index (κ2) is 15.0. The van der Waals surface area contributed by atoms with Crippen LogP contribution >= 0.6 is 11.3 Å². The molecule has 306 valence electrons. The number of thiophene rings is 1. The molecule has 0 saturated carbocycles. The van der Waals surface area contributed by atoms with Crippen molar-refractivity contribution in [1.82, 2.24) is 24.3 Å². The third kappa shape index (κ3) is 6.07. The smallest absolute Gasteiger partial charge is 0.161 e. The molecule has 5 aromatic heterocycles. The molecule has 0 saturated heterocycles. The highest BCUT2D eigenvalue weighted by Crippen LogP contribution is 2.43. The van der Waals surface area contributed by atoms with E-state index in [4.69, 9.17) is 15.2 Å². The average Bonchev–Trinajstić information content (AvgIpc) is 4.02. The van der Waals surface area contributed by atoms with Gasteiger partial charge in [0, 0.05) is 67.1 Å². The number of pyridine rings is 1. The topological polar surface area (TPSA) is 55.0 Å². The quantitative estimate of drug-likeness (QED) is 0.152. The monoisotopic (exact) mass is 851 g/mol. The highest BCUT2D eigenvalue weighted by Gasteiger charge is 2.22. The van der Waals surface area contributed by atoms with Crippen LogP contribution in [0.5, 0.6) is 0 Å². The van der Waals surface area contributed by atoms with Crippen molar-refractivity contribution >= 4 is 110 Å². The Balaban J connectivity index is 0.949. The molecule has 13 aromatic rings. The van der Waals surface area contributed by atoms with Gasteiger partial charge >= 0.3 is 0 Å². The van der Waals surface area contributed by atoms with Crippen LogP contribution in [0.2, 0.25) is 0 Å². The molecule has 0 bridgehead atoms. The molecule has 5 heterocycles. The number of hydrogen-bond acceptors (Lipinski definition) is 6. The maximum absolute atomic E-state index is 5.41. The van der Waals surface area contributed by atoms with Crippen LogP contribution in [0.3, 0.4) is 0 Å². The second-order valence-electron chi connectivity index (χ2n) is 16.2. The zero-order valence-electron chi connectivity index (χ0n) is 34.9. The second-order valence-corrected chi connectivity index (χ2v) is 17.2. The summed E-state index contributed by atoms with van der Waals surface area (Å²) in [5, 5.41) is 15.7. The molecule has 8 heteroatoms. The molecule has 0 aliphatic heterocycles. The minimum Gasteiger partial charge on any atom is -0.309 e. The first-order valence-electron chi connectivity index (χ1n) is 21.7. The molecule has 0 N–H and O–H groups in total. The Hall–Kier alpha value is -8.59. The highest BCUT2D eigenvalue weighted by atomic mass is 32.1. The van der Waals surface area contributed by atoms with Crippen LogP contribution in [-0.4, -0.2) is 24.3 Å². The van der Waals surface area contributed by atoms with E-state index in [0.29, 0.717) is 0 Å². The van der Waals surface area contributed by atoms with Gasteiger partial charge in [-0.3, -0.25) is 9.80 Å². The number of hydrogen-bond donors (Lipinski definition) is 0. The predicted molar refractivity (Wildman–Crippen MR) is 271 cm³/mol. The zero-order valence-corrected chi connectivity index (χ0v) is 35.7. The number of para-hydroxylation sites is 6. The van der Waals surface area contributed by atoms with E-state index in [-0.39, 0.29) is 0 Å². The summed E-state index contributed by atoms with van der Waals surface area (Å²) < 4.78 is 5.71. The maximum atomic E-state index is 5.41. The lowest BCUT2D eigenvalue weighted by atomic mass is 10.1. The molecular weight excluding hydrogens is 815 g/mol. The van der Waals surface area contributed by atoms with Crippen LogP contribution in [0.1, 0.15) is 0 Å². The Kier molecular flexibility index (Phi) is 8.57. The molecule has 0 spiro atoms. The summed E-state index contributed by atoms with van der Waals surface area (Å²) in [6, 6.07) is 79.2. The Labute approximate surface area is 377 Å². The molecule has 0 atom stereocenters. The van der Waals surface area contributed by atoms with E-state index >= 15 is 0 Å². The van der Waals surface area contributed by atoms with Crippen LogP contribution < -0.4 is 9.80 Å². The summed E-state index contributed by atoms with van der Waals surface area (Å²) in [7, 11) is 0. The maximum Gasteiger partial charge on any atom is 0.161 e. The molecule has 0 fully saturated rings. The lowest BCUT2D eigenvalue weighted by Crippen LogP contribution is -2.12. The van der Waals surface area contributed by atoms with Gasteiger partial charge < -0.3 is 9.13 Å². The molecule has 0 amide bonds. The normalized spacial score (nSPS) is 11.7. The Morgan fingerprint density at radius 1 is 0.338 bits per heavy atom. The van der Waals surface area contributed by atoms with E-state index in [9.17, 15) is 0 Å². The third-order valence-corrected chi connectivity index (χ3v) is 13.4. The van der Waals surface area contributed by atoms with E-state index in [1.807, 2.05) is 6.07 Å². The largest absolute Gasteiger partial charge is 0.309 e. The Bertz CT molecular complexity index is 3640. The summed E-state index contributed by atoms with van der Waals surface area (Å²) in [4.78, 5) is 10.7. The minimum atomic E-state index is 0.727. The van der Waals surface area contributed by atoms with Gasteiger partial charge in [0.2, 0.25) is 0 Å². The molecule has 7 nitrogen and oxygen atoms in total. The number of aromatic nitrogens is 5. The van der Waals surface area contributed by atoms with Crippen LogP contribution in [0, 0.1) is 0 Å². The fraction of sp³-hybridized carbons (Fsp3) is 0. The molecule has 65 heavy (non-hydrogen) atoms. The van der Waals surface area contributed by atoms with E-state index in [2.05, 4.69) is 237 Å². The first kappa shape index (κ1) is 37.0. The molecule has 0 aliphatic rings. The minimum absolute atomic E-state index is 0.727. The molecule has 13 rings (SSSR count). The van der Waals surface area contributed by atoms with Crippen LogP contribution in [0.4, 0.5) is 34.4 Å². The molecule has 8 aromatic carbocycles. The van der Waals surface area contributed by atoms with Crippen molar-refractivity contribution in [3.8, 4) is 11.4 Å². The molecular formula is C57H37N7S. The summed E-state index contributed by atoms with van der Waals surface area (Å²) in [6.07, 6.45) is 0. The predicted octanol–water partition coefficient (Wildman–Crippen LogP) is 15.4.